The number of amides is 1. The lowest BCUT2D eigenvalue weighted by molar-refractivity contribution is -0.117. The predicted molar refractivity (Wildman–Crippen MR) is 103 cm³/mol. The largest absolute Gasteiger partial charge is 0.312 e. The van der Waals surface area contributed by atoms with Gasteiger partial charge >= 0.3 is 0 Å². The summed E-state index contributed by atoms with van der Waals surface area (Å²) in [5.41, 5.74) is 1.28. The maximum atomic E-state index is 12.8. The van der Waals surface area contributed by atoms with Gasteiger partial charge < -0.3 is 4.90 Å². The van der Waals surface area contributed by atoms with Crippen molar-refractivity contribution in [2.45, 2.75) is 17.7 Å². The Balaban J connectivity index is 1.63. The van der Waals surface area contributed by atoms with Gasteiger partial charge in [-0.05, 0) is 42.1 Å². The van der Waals surface area contributed by atoms with E-state index in [-0.39, 0.29) is 10.8 Å². The molecule has 1 fully saturated rings. The topological polar surface area (TPSA) is 66.5 Å². The van der Waals surface area contributed by atoms with Crippen molar-refractivity contribution in [3.05, 3.63) is 66.7 Å². The van der Waals surface area contributed by atoms with Crippen LogP contribution in [-0.2, 0) is 14.8 Å². The molecule has 1 amide bonds. The lowest BCUT2D eigenvalue weighted by Crippen LogP contribution is -2.23. The Labute approximate surface area is 152 Å². The highest BCUT2D eigenvalue weighted by atomic mass is 32.2. The van der Waals surface area contributed by atoms with Gasteiger partial charge in [0, 0.05) is 24.0 Å². The molecule has 0 unspecified atom stereocenters. The van der Waals surface area contributed by atoms with Crippen LogP contribution < -0.4 is 9.62 Å². The molecule has 0 bridgehead atoms. The van der Waals surface area contributed by atoms with Crippen molar-refractivity contribution in [3.8, 4) is 0 Å². The van der Waals surface area contributed by atoms with Crippen molar-refractivity contribution < 1.29 is 13.2 Å². The molecule has 0 spiro atoms. The number of carbonyl (C=O) groups is 1. The molecule has 6 heteroatoms. The monoisotopic (exact) mass is 366 g/mol. The number of sulfonamides is 1. The second-order valence-corrected chi connectivity index (χ2v) is 7.96. The molecule has 1 aliphatic rings. The highest BCUT2D eigenvalue weighted by molar-refractivity contribution is 7.92. The lowest BCUT2D eigenvalue weighted by Gasteiger charge is -2.16. The highest BCUT2D eigenvalue weighted by Gasteiger charge is 2.22. The van der Waals surface area contributed by atoms with Crippen LogP contribution in [0.5, 0.6) is 0 Å². The lowest BCUT2D eigenvalue weighted by atomic mass is 10.1. The Kier molecular flexibility index (Phi) is 4.12. The van der Waals surface area contributed by atoms with E-state index in [1.165, 1.54) is 12.1 Å². The summed E-state index contributed by atoms with van der Waals surface area (Å²) in [5.74, 6) is 0.0782. The van der Waals surface area contributed by atoms with E-state index in [1.54, 1.807) is 23.1 Å². The van der Waals surface area contributed by atoms with Crippen LogP contribution in [0.15, 0.2) is 71.6 Å². The van der Waals surface area contributed by atoms with Crippen molar-refractivity contribution in [1.29, 1.82) is 0 Å². The summed E-state index contributed by atoms with van der Waals surface area (Å²) < 4.78 is 28.2. The van der Waals surface area contributed by atoms with E-state index in [0.29, 0.717) is 18.7 Å². The molecule has 132 valence electrons. The molecule has 1 aliphatic heterocycles. The molecule has 5 nitrogen and oxygen atoms in total. The SMILES string of the molecule is O=C1CCCN1c1ccc(S(=O)(=O)Nc2cccc3ccccc23)cc1. The minimum atomic E-state index is -3.71. The van der Waals surface area contributed by atoms with Gasteiger partial charge in [0.15, 0.2) is 0 Å². The average Bonchev–Trinajstić information content (AvgIpc) is 3.08. The molecule has 3 aromatic carbocycles. The Morgan fingerprint density at radius 3 is 2.35 bits per heavy atom. The van der Waals surface area contributed by atoms with Gasteiger partial charge in [0.2, 0.25) is 5.91 Å². The van der Waals surface area contributed by atoms with Crippen LogP contribution in [0.1, 0.15) is 12.8 Å². The Morgan fingerprint density at radius 2 is 1.62 bits per heavy atom. The summed E-state index contributed by atoms with van der Waals surface area (Å²) in [5, 5.41) is 1.81. The van der Waals surface area contributed by atoms with Gasteiger partial charge in [-0.2, -0.15) is 0 Å². The van der Waals surface area contributed by atoms with Crippen LogP contribution in [0.4, 0.5) is 11.4 Å². The molecule has 0 radical (unpaired) electrons. The Bertz CT molecular complexity index is 1070. The molecule has 1 saturated heterocycles. The first-order valence-electron chi connectivity index (χ1n) is 8.46. The smallest absolute Gasteiger partial charge is 0.261 e. The van der Waals surface area contributed by atoms with Gasteiger partial charge in [-0.25, -0.2) is 8.42 Å². The first-order chi connectivity index (χ1) is 12.5. The van der Waals surface area contributed by atoms with E-state index in [4.69, 9.17) is 0 Å². The second-order valence-electron chi connectivity index (χ2n) is 6.28. The summed E-state index contributed by atoms with van der Waals surface area (Å²) in [6, 6.07) is 19.6. The van der Waals surface area contributed by atoms with Crippen molar-refractivity contribution in [2.75, 3.05) is 16.2 Å². The molecular formula is C20H18N2O3S. The third-order valence-corrected chi connectivity index (χ3v) is 5.95. The standard InChI is InChI=1S/C20H18N2O3S/c23-20-9-4-14-22(20)16-10-12-17(13-11-16)26(24,25)21-19-8-3-6-15-5-1-2-7-18(15)19/h1-3,5-8,10-13,21H,4,9,14H2. The summed E-state index contributed by atoms with van der Waals surface area (Å²) in [6.45, 7) is 0.680. The van der Waals surface area contributed by atoms with Crippen LogP contribution >= 0.6 is 0 Å². The number of benzene rings is 3. The summed E-state index contributed by atoms with van der Waals surface area (Å²) in [7, 11) is -3.71. The number of nitrogens with one attached hydrogen (secondary N) is 1. The number of nitrogens with zero attached hydrogens (tertiary/aromatic N) is 1. The zero-order valence-electron chi connectivity index (χ0n) is 14.1. The van der Waals surface area contributed by atoms with Gasteiger partial charge in [0.1, 0.15) is 0 Å². The highest BCUT2D eigenvalue weighted by Crippen LogP contribution is 2.27. The fraction of sp³-hybridized carbons (Fsp3) is 0.150. The number of hydrogen-bond acceptors (Lipinski definition) is 3. The van der Waals surface area contributed by atoms with E-state index in [0.717, 1.165) is 22.9 Å². The normalized spacial score (nSPS) is 14.8. The fourth-order valence-electron chi connectivity index (χ4n) is 3.24. The molecule has 3 aromatic rings. The average molecular weight is 366 g/mol. The molecule has 0 aliphatic carbocycles. The molecule has 1 N–H and O–H groups in total. The van der Waals surface area contributed by atoms with Crippen molar-refractivity contribution in [2.24, 2.45) is 0 Å². The quantitative estimate of drug-likeness (QED) is 0.764. The van der Waals surface area contributed by atoms with Crippen LogP contribution in [0, 0.1) is 0 Å². The van der Waals surface area contributed by atoms with E-state index in [1.807, 2.05) is 36.4 Å². The minimum Gasteiger partial charge on any atom is -0.312 e. The number of rotatable bonds is 4. The molecule has 1 heterocycles. The van der Waals surface area contributed by atoms with E-state index in [2.05, 4.69) is 4.72 Å². The third kappa shape index (κ3) is 3.04. The van der Waals surface area contributed by atoms with Gasteiger partial charge in [-0.15, -0.1) is 0 Å². The van der Waals surface area contributed by atoms with Crippen LogP contribution in [0.25, 0.3) is 10.8 Å². The number of carbonyl (C=O) groups excluding carboxylic acids is 1. The van der Waals surface area contributed by atoms with Crippen LogP contribution in [0.3, 0.4) is 0 Å². The van der Waals surface area contributed by atoms with Crippen LogP contribution in [0.2, 0.25) is 0 Å². The Morgan fingerprint density at radius 1 is 0.885 bits per heavy atom. The molecule has 26 heavy (non-hydrogen) atoms. The van der Waals surface area contributed by atoms with Gasteiger partial charge in [-0.3, -0.25) is 9.52 Å². The summed E-state index contributed by atoms with van der Waals surface area (Å²) in [6.07, 6.45) is 1.38. The second kappa shape index (κ2) is 6.46. The Hall–Kier alpha value is -2.86. The maximum absolute atomic E-state index is 12.8. The number of hydrogen-bond donors (Lipinski definition) is 1. The molecular weight excluding hydrogens is 348 g/mol. The van der Waals surface area contributed by atoms with Gasteiger partial charge in [0.25, 0.3) is 10.0 Å². The van der Waals surface area contributed by atoms with Crippen molar-refractivity contribution in [1.82, 2.24) is 0 Å². The summed E-state index contributed by atoms with van der Waals surface area (Å²) in [4.78, 5) is 13.7. The third-order valence-electron chi connectivity index (χ3n) is 4.57. The van der Waals surface area contributed by atoms with Gasteiger partial charge in [0.05, 0.1) is 10.6 Å². The molecule has 0 atom stereocenters. The zero-order chi connectivity index (χ0) is 18.1. The van der Waals surface area contributed by atoms with Crippen LogP contribution in [-0.4, -0.2) is 20.9 Å². The minimum absolute atomic E-state index is 0.0782. The molecule has 0 aromatic heterocycles. The first-order valence-corrected chi connectivity index (χ1v) is 9.94. The van der Waals surface area contributed by atoms with Crippen molar-refractivity contribution in [3.63, 3.8) is 0 Å². The predicted octanol–water partition coefficient (Wildman–Crippen LogP) is 3.77. The zero-order valence-corrected chi connectivity index (χ0v) is 14.9. The molecule has 0 saturated carbocycles. The number of fused-ring (bicyclic) bond motifs is 1. The fourth-order valence-corrected chi connectivity index (χ4v) is 4.32. The van der Waals surface area contributed by atoms with Crippen molar-refractivity contribution >= 4 is 38.1 Å². The van der Waals surface area contributed by atoms with E-state index >= 15 is 0 Å². The molecule has 4 rings (SSSR count). The first kappa shape index (κ1) is 16.6. The van der Waals surface area contributed by atoms with E-state index < -0.39 is 10.0 Å². The van der Waals surface area contributed by atoms with Gasteiger partial charge in [-0.1, -0.05) is 36.4 Å². The van der Waals surface area contributed by atoms with E-state index in [9.17, 15) is 13.2 Å². The maximum Gasteiger partial charge on any atom is 0.261 e. The summed E-state index contributed by atoms with van der Waals surface area (Å²) >= 11 is 0. The number of anilines is 2.